The highest BCUT2D eigenvalue weighted by Gasteiger charge is 2.12. The van der Waals surface area contributed by atoms with Gasteiger partial charge in [0.25, 0.3) is 0 Å². The topological polar surface area (TPSA) is 38.0 Å². The molecule has 1 aliphatic heterocycles. The van der Waals surface area contributed by atoms with Crippen molar-refractivity contribution in [1.82, 2.24) is 0 Å². The minimum absolute atomic E-state index is 0.282. The first-order valence-corrected chi connectivity index (χ1v) is 3.93. The van der Waals surface area contributed by atoms with Crippen LogP contribution in [0.3, 0.4) is 0 Å². The molecule has 0 saturated heterocycles. The van der Waals surface area contributed by atoms with E-state index < -0.39 is 0 Å². The van der Waals surface area contributed by atoms with Crippen LogP contribution in [0.2, 0.25) is 0 Å². The minimum atomic E-state index is 0.282. The third-order valence-corrected chi connectivity index (χ3v) is 2.05. The molecule has 1 aliphatic rings. The van der Waals surface area contributed by atoms with Crippen molar-refractivity contribution < 1.29 is 0 Å². The van der Waals surface area contributed by atoms with Crippen molar-refractivity contribution in [1.29, 1.82) is 0 Å². The van der Waals surface area contributed by atoms with Crippen molar-refractivity contribution in [2.24, 2.45) is 5.73 Å². The zero-order valence-electron chi connectivity index (χ0n) is 6.38. The van der Waals surface area contributed by atoms with Crippen LogP contribution < -0.4 is 11.1 Å². The molecule has 2 heteroatoms. The van der Waals surface area contributed by atoms with Crippen molar-refractivity contribution in [2.45, 2.75) is 12.5 Å². The van der Waals surface area contributed by atoms with Gasteiger partial charge in [-0.15, -0.1) is 0 Å². The normalized spacial score (nSPS) is 22.1. The average molecular weight is 148 g/mol. The van der Waals surface area contributed by atoms with Crippen LogP contribution in [0.1, 0.15) is 5.56 Å². The zero-order chi connectivity index (χ0) is 7.68. The van der Waals surface area contributed by atoms with E-state index in [2.05, 4.69) is 23.5 Å². The predicted molar refractivity (Wildman–Crippen MR) is 46.6 cm³/mol. The SMILES string of the molecule is N[C@H]1CNc2ccccc2C1. The van der Waals surface area contributed by atoms with Crippen molar-refractivity contribution in [3.05, 3.63) is 29.8 Å². The molecule has 1 atom stereocenters. The largest absolute Gasteiger partial charge is 0.383 e. The number of nitrogens with one attached hydrogen (secondary N) is 1. The van der Waals surface area contributed by atoms with Crippen LogP contribution in [0.5, 0.6) is 0 Å². The molecule has 3 N–H and O–H groups in total. The molecule has 0 spiro atoms. The number of anilines is 1. The average Bonchev–Trinajstić information content (AvgIpc) is 2.04. The van der Waals surface area contributed by atoms with Crippen LogP contribution >= 0.6 is 0 Å². The van der Waals surface area contributed by atoms with Gasteiger partial charge in [0, 0.05) is 18.3 Å². The number of rotatable bonds is 0. The highest BCUT2D eigenvalue weighted by atomic mass is 14.9. The van der Waals surface area contributed by atoms with Gasteiger partial charge in [0.05, 0.1) is 0 Å². The maximum Gasteiger partial charge on any atom is 0.0373 e. The molecule has 0 fully saturated rings. The summed E-state index contributed by atoms with van der Waals surface area (Å²) in [6, 6.07) is 8.61. The first-order chi connectivity index (χ1) is 5.36. The van der Waals surface area contributed by atoms with Gasteiger partial charge >= 0.3 is 0 Å². The predicted octanol–water partition coefficient (Wildman–Crippen LogP) is 0.982. The molecular weight excluding hydrogens is 136 g/mol. The lowest BCUT2D eigenvalue weighted by molar-refractivity contribution is 0.679. The first kappa shape index (κ1) is 6.68. The van der Waals surface area contributed by atoms with Crippen LogP contribution in [0.4, 0.5) is 5.69 Å². The number of fused-ring (bicyclic) bond motifs is 1. The van der Waals surface area contributed by atoms with Crippen LogP contribution in [0.15, 0.2) is 24.3 Å². The molecule has 0 saturated carbocycles. The molecule has 1 aromatic carbocycles. The Balaban J connectivity index is 2.34. The lowest BCUT2D eigenvalue weighted by Gasteiger charge is -2.22. The Morgan fingerprint density at radius 3 is 3.09 bits per heavy atom. The summed E-state index contributed by atoms with van der Waals surface area (Å²) in [5, 5.41) is 3.29. The molecule has 0 unspecified atom stereocenters. The van der Waals surface area contributed by atoms with E-state index in [1.165, 1.54) is 11.3 Å². The van der Waals surface area contributed by atoms with E-state index >= 15 is 0 Å². The molecule has 1 heterocycles. The molecule has 0 radical (unpaired) electrons. The lowest BCUT2D eigenvalue weighted by Crippen LogP contribution is -2.35. The monoisotopic (exact) mass is 148 g/mol. The smallest absolute Gasteiger partial charge is 0.0373 e. The molecule has 2 rings (SSSR count). The van der Waals surface area contributed by atoms with Gasteiger partial charge in [0.15, 0.2) is 0 Å². The molecule has 1 aromatic rings. The summed E-state index contributed by atoms with van der Waals surface area (Å²) in [4.78, 5) is 0. The van der Waals surface area contributed by atoms with Crippen LogP contribution in [0, 0.1) is 0 Å². The fraction of sp³-hybridized carbons (Fsp3) is 0.333. The summed E-state index contributed by atoms with van der Waals surface area (Å²) < 4.78 is 0. The Morgan fingerprint density at radius 1 is 1.36 bits per heavy atom. The summed E-state index contributed by atoms with van der Waals surface area (Å²) in [7, 11) is 0. The molecule has 11 heavy (non-hydrogen) atoms. The van der Waals surface area contributed by atoms with Crippen LogP contribution in [-0.4, -0.2) is 12.6 Å². The van der Waals surface area contributed by atoms with E-state index in [-0.39, 0.29) is 6.04 Å². The Bertz CT molecular complexity index is 257. The maximum atomic E-state index is 5.79. The van der Waals surface area contributed by atoms with Gasteiger partial charge < -0.3 is 11.1 Å². The van der Waals surface area contributed by atoms with E-state index in [0.29, 0.717) is 0 Å². The fourth-order valence-corrected chi connectivity index (χ4v) is 1.47. The third-order valence-electron chi connectivity index (χ3n) is 2.05. The molecule has 0 bridgehead atoms. The Kier molecular flexibility index (Phi) is 1.55. The summed E-state index contributed by atoms with van der Waals surface area (Å²) in [5.41, 5.74) is 8.37. The van der Waals surface area contributed by atoms with E-state index in [1.54, 1.807) is 0 Å². The Labute approximate surface area is 66.4 Å². The van der Waals surface area contributed by atoms with E-state index in [0.717, 1.165) is 13.0 Å². The van der Waals surface area contributed by atoms with Gasteiger partial charge in [0.1, 0.15) is 0 Å². The Morgan fingerprint density at radius 2 is 2.18 bits per heavy atom. The molecule has 58 valence electrons. The minimum Gasteiger partial charge on any atom is -0.383 e. The molecule has 0 aromatic heterocycles. The van der Waals surface area contributed by atoms with Crippen molar-refractivity contribution in [3.63, 3.8) is 0 Å². The molecule has 0 aliphatic carbocycles. The van der Waals surface area contributed by atoms with E-state index in [1.807, 2.05) is 6.07 Å². The van der Waals surface area contributed by atoms with Gasteiger partial charge in [-0.2, -0.15) is 0 Å². The number of benzene rings is 1. The quantitative estimate of drug-likeness (QED) is 0.575. The lowest BCUT2D eigenvalue weighted by atomic mass is 10.0. The fourth-order valence-electron chi connectivity index (χ4n) is 1.47. The standard InChI is InChI=1S/C9H12N2/c10-8-5-7-3-1-2-4-9(7)11-6-8/h1-4,8,11H,5-6,10H2/t8-/m1/s1. The second kappa shape index (κ2) is 2.55. The Hall–Kier alpha value is -1.02. The van der Waals surface area contributed by atoms with Gasteiger partial charge in [-0.1, -0.05) is 18.2 Å². The highest BCUT2D eigenvalue weighted by Crippen LogP contribution is 2.19. The van der Waals surface area contributed by atoms with Crippen molar-refractivity contribution in [3.8, 4) is 0 Å². The number of nitrogens with two attached hydrogens (primary N) is 1. The van der Waals surface area contributed by atoms with E-state index in [9.17, 15) is 0 Å². The second-order valence-electron chi connectivity index (χ2n) is 3.00. The van der Waals surface area contributed by atoms with Gasteiger partial charge in [-0.3, -0.25) is 0 Å². The summed E-state index contributed by atoms with van der Waals surface area (Å²) in [5.74, 6) is 0. The maximum absolute atomic E-state index is 5.79. The van der Waals surface area contributed by atoms with Gasteiger partial charge in [-0.25, -0.2) is 0 Å². The molecule has 2 nitrogen and oxygen atoms in total. The highest BCUT2D eigenvalue weighted by molar-refractivity contribution is 5.53. The van der Waals surface area contributed by atoms with Crippen molar-refractivity contribution in [2.75, 3.05) is 11.9 Å². The number of hydrogen-bond acceptors (Lipinski definition) is 2. The van der Waals surface area contributed by atoms with Crippen molar-refractivity contribution >= 4 is 5.69 Å². The number of para-hydroxylation sites is 1. The molecular formula is C9H12N2. The first-order valence-electron chi connectivity index (χ1n) is 3.93. The van der Waals surface area contributed by atoms with Crippen LogP contribution in [-0.2, 0) is 6.42 Å². The summed E-state index contributed by atoms with van der Waals surface area (Å²) in [6.07, 6.45) is 1.00. The number of hydrogen-bond donors (Lipinski definition) is 2. The summed E-state index contributed by atoms with van der Waals surface area (Å²) >= 11 is 0. The van der Waals surface area contributed by atoms with Crippen LogP contribution in [0.25, 0.3) is 0 Å². The third kappa shape index (κ3) is 1.21. The second-order valence-corrected chi connectivity index (χ2v) is 3.00. The van der Waals surface area contributed by atoms with E-state index in [4.69, 9.17) is 5.73 Å². The molecule has 0 amide bonds. The van der Waals surface area contributed by atoms with Gasteiger partial charge in [0.2, 0.25) is 0 Å². The van der Waals surface area contributed by atoms with Gasteiger partial charge in [-0.05, 0) is 18.1 Å². The zero-order valence-corrected chi connectivity index (χ0v) is 6.38. The summed E-state index contributed by atoms with van der Waals surface area (Å²) in [6.45, 7) is 0.900.